The molecule has 1 unspecified atom stereocenters. The van der Waals surface area contributed by atoms with E-state index in [-0.39, 0.29) is 17.7 Å². The Morgan fingerprint density at radius 1 is 1.36 bits per heavy atom. The minimum absolute atomic E-state index is 0.121. The van der Waals surface area contributed by atoms with E-state index in [9.17, 15) is 9.90 Å². The lowest BCUT2D eigenvalue weighted by molar-refractivity contribution is -0.131. The third-order valence-corrected chi connectivity index (χ3v) is 3.96. The van der Waals surface area contributed by atoms with Crippen LogP contribution in [0.15, 0.2) is 18.2 Å². The molecule has 1 atom stereocenters. The molecule has 1 fully saturated rings. The van der Waals surface area contributed by atoms with Crippen LogP contribution in [0.2, 0.25) is 0 Å². The third-order valence-electron chi connectivity index (χ3n) is 3.96. The summed E-state index contributed by atoms with van der Waals surface area (Å²) in [6.45, 7) is 4.17. The number of anilines is 1. The van der Waals surface area contributed by atoms with Crippen molar-refractivity contribution in [3.63, 3.8) is 0 Å². The zero-order valence-electron chi connectivity index (χ0n) is 13.4. The second-order valence-corrected chi connectivity index (χ2v) is 5.84. The summed E-state index contributed by atoms with van der Waals surface area (Å²) in [5.41, 5.74) is 1.46. The Labute approximate surface area is 132 Å². The molecule has 1 amide bonds. The van der Waals surface area contributed by atoms with E-state index in [1.807, 2.05) is 19.9 Å². The van der Waals surface area contributed by atoms with Gasteiger partial charge in [0.25, 0.3) is 5.91 Å². The molecule has 1 aliphatic rings. The van der Waals surface area contributed by atoms with Crippen LogP contribution in [0.1, 0.15) is 44.6 Å². The van der Waals surface area contributed by atoms with Gasteiger partial charge in [-0.25, -0.2) is 0 Å². The van der Waals surface area contributed by atoms with Crippen molar-refractivity contribution in [3.05, 3.63) is 23.8 Å². The van der Waals surface area contributed by atoms with Crippen molar-refractivity contribution in [1.29, 1.82) is 0 Å². The maximum Gasteiger partial charge on any atom is 0.270 e. The number of aromatic hydroxyl groups is 1. The highest BCUT2D eigenvalue weighted by atomic mass is 16.5. The van der Waals surface area contributed by atoms with Crippen molar-refractivity contribution in [3.8, 4) is 5.75 Å². The maximum atomic E-state index is 12.4. The number of nitrogens with one attached hydrogen (secondary N) is 2. The van der Waals surface area contributed by atoms with Crippen LogP contribution in [0.4, 0.5) is 5.69 Å². The van der Waals surface area contributed by atoms with Crippen LogP contribution >= 0.6 is 0 Å². The minimum Gasteiger partial charge on any atom is -0.506 e. The highest BCUT2D eigenvalue weighted by molar-refractivity contribution is 5.84. The number of phenols is 1. The van der Waals surface area contributed by atoms with Crippen LogP contribution < -0.4 is 10.6 Å². The monoisotopic (exact) mass is 306 g/mol. The summed E-state index contributed by atoms with van der Waals surface area (Å²) in [5.74, 6) is -0.0519. The van der Waals surface area contributed by atoms with Crippen LogP contribution in [0, 0.1) is 6.92 Å². The summed E-state index contributed by atoms with van der Waals surface area (Å²) in [5, 5.41) is 16.0. The molecule has 0 bridgehead atoms. The fourth-order valence-electron chi connectivity index (χ4n) is 2.78. The number of amides is 1. The number of carbonyl (C=O) groups is 1. The predicted molar refractivity (Wildman–Crippen MR) is 86.9 cm³/mol. The van der Waals surface area contributed by atoms with Gasteiger partial charge < -0.3 is 20.5 Å². The van der Waals surface area contributed by atoms with Gasteiger partial charge in [0.15, 0.2) is 0 Å². The third kappa shape index (κ3) is 4.63. The smallest absolute Gasteiger partial charge is 0.270 e. The average Bonchev–Trinajstić information content (AvgIpc) is 2.50. The molecule has 0 spiro atoms. The Kier molecular flexibility index (Phi) is 6.07. The standard InChI is InChI=1S/C17H26N2O3/c1-3-22-17(16(21)18-13-7-5-4-6-8-13)19-14-10-9-12(2)11-15(14)20/h9-11,13,17,19-20H,3-8H2,1-2H3,(H,18,21). The van der Waals surface area contributed by atoms with E-state index < -0.39 is 6.23 Å². The zero-order chi connectivity index (χ0) is 15.9. The van der Waals surface area contributed by atoms with Crippen molar-refractivity contribution < 1.29 is 14.6 Å². The molecule has 1 saturated carbocycles. The predicted octanol–water partition coefficient (Wildman–Crippen LogP) is 2.92. The molecule has 22 heavy (non-hydrogen) atoms. The zero-order valence-corrected chi connectivity index (χ0v) is 13.4. The number of phenolic OH excluding ortho intramolecular Hbond substituents is 1. The first-order chi connectivity index (χ1) is 10.6. The summed E-state index contributed by atoms with van der Waals surface area (Å²) in [6, 6.07) is 5.52. The molecule has 0 aliphatic heterocycles. The Hall–Kier alpha value is -1.75. The molecule has 1 aromatic rings. The Balaban J connectivity index is 1.99. The Morgan fingerprint density at radius 2 is 2.09 bits per heavy atom. The van der Waals surface area contributed by atoms with Gasteiger partial charge in [-0.15, -0.1) is 0 Å². The number of hydrogen-bond acceptors (Lipinski definition) is 4. The minimum atomic E-state index is -0.791. The van der Waals surface area contributed by atoms with E-state index in [0.29, 0.717) is 12.3 Å². The van der Waals surface area contributed by atoms with Gasteiger partial charge in [-0.2, -0.15) is 0 Å². The lowest BCUT2D eigenvalue weighted by Gasteiger charge is -2.26. The van der Waals surface area contributed by atoms with E-state index in [1.54, 1.807) is 12.1 Å². The lowest BCUT2D eigenvalue weighted by atomic mass is 9.95. The largest absolute Gasteiger partial charge is 0.506 e. The molecule has 5 nitrogen and oxygen atoms in total. The molecule has 1 aromatic carbocycles. The molecule has 0 saturated heterocycles. The second kappa shape index (κ2) is 8.03. The van der Waals surface area contributed by atoms with Gasteiger partial charge in [0.05, 0.1) is 5.69 Å². The van der Waals surface area contributed by atoms with E-state index in [0.717, 1.165) is 31.2 Å². The normalized spacial score (nSPS) is 17.0. The van der Waals surface area contributed by atoms with Gasteiger partial charge in [-0.05, 0) is 44.4 Å². The topological polar surface area (TPSA) is 70.6 Å². The van der Waals surface area contributed by atoms with E-state index >= 15 is 0 Å². The number of benzene rings is 1. The van der Waals surface area contributed by atoms with Gasteiger partial charge in [0.1, 0.15) is 5.75 Å². The Morgan fingerprint density at radius 3 is 2.73 bits per heavy atom. The van der Waals surface area contributed by atoms with Crippen LogP contribution in [-0.4, -0.2) is 29.9 Å². The number of ether oxygens (including phenoxy) is 1. The molecule has 5 heteroatoms. The number of rotatable bonds is 6. The molecule has 0 heterocycles. The van der Waals surface area contributed by atoms with Gasteiger partial charge in [-0.3, -0.25) is 4.79 Å². The van der Waals surface area contributed by atoms with Crippen molar-refractivity contribution in [2.75, 3.05) is 11.9 Å². The number of aryl methyl sites for hydroxylation is 1. The molecular formula is C17H26N2O3. The first-order valence-corrected chi connectivity index (χ1v) is 8.08. The molecule has 0 radical (unpaired) electrons. The molecular weight excluding hydrogens is 280 g/mol. The molecule has 0 aromatic heterocycles. The molecule has 2 rings (SSSR count). The van der Waals surface area contributed by atoms with E-state index in [1.165, 1.54) is 6.42 Å². The van der Waals surface area contributed by atoms with Gasteiger partial charge in [0.2, 0.25) is 6.23 Å². The van der Waals surface area contributed by atoms with Crippen molar-refractivity contribution in [1.82, 2.24) is 5.32 Å². The molecule has 3 N–H and O–H groups in total. The SMILES string of the molecule is CCOC(Nc1ccc(C)cc1O)C(=O)NC1CCCCC1. The van der Waals surface area contributed by atoms with Crippen LogP contribution in [0.5, 0.6) is 5.75 Å². The first kappa shape index (κ1) is 16.6. The maximum absolute atomic E-state index is 12.4. The van der Waals surface area contributed by atoms with E-state index in [4.69, 9.17) is 4.74 Å². The highest BCUT2D eigenvalue weighted by Crippen LogP contribution is 2.25. The summed E-state index contributed by atoms with van der Waals surface area (Å²) < 4.78 is 5.50. The summed E-state index contributed by atoms with van der Waals surface area (Å²) in [6.07, 6.45) is 4.84. The van der Waals surface area contributed by atoms with Crippen molar-refractivity contribution >= 4 is 11.6 Å². The van der Waals surface area contributed by atoms with Gasteiger partial charge >= 0.3 is 0 Å². The van der Waals surface area contributed by atoms with Gasteiger partial charge in [-0.1, -0.05) is 25.3 Å². The number of carbonyl (C=O) groups excluding carboxylic acids is 1. The van der Waals surface area contributed by atoms with Crippen LogP contribution in [0.25, 0.3) is 0 Å². The molecule has 122 valence electrons. The fraction of sp³-hybridized carbons (Fsp3) is 0.588. The van der Waals surface area contributed by atoms with Crippen LogP contribution in [0.3, 0.4) is 0 Å². The van der Waals surface area contributed by atoms with Crippen LogP contribution in [-0.2, 0) is 9.53 Å². The molecule has 1 aliphatic carbocycles. The van der Waals surface area contributed by atoms with Gasteiger partial charge in [0, 0.05) is 12.6 Å². The average molecular weight is 306 g/mol. The first-order valence-electron chi connectivity index (χ1n) is 8.08. The fourth-order valence-corrected chi connectivity index (χ4v) is 2.78. The van der Waals surface area contributed by atoms with Crippen molar-refractivity contribution in [2.24, 2.45) is 0 Å². The highest BCUT2D eigenvalue weighted by Gasteiger charge is 2.23. The second-order valence-electron chi connectivity index (χ2n) is 5.84. The van der Waals surface area contributed by atoms with E-state index in [2.05, 4.69) is 10.6 Å². The Bertz CT molecular complexity index is 499. The number of hydrogen-bond donors (Lipinski definition) is 3. The van der Waals surface area contributed by atoms with Crippen molar-refractivity contribution in [2.45, 2.75) is 58.2 Å². The summed E-state index contributed by atoms with van der Waals surface area (Å²) in [4.78, 5) is 12.4. The summed E-state index contributed by atoms with van der Waals surface area (Å²) in [7, 11) is 0. The summed E-state index contributed by atoms with van der Waals surface area (Å²) >= 11 is 0. The lowest BCUT2D eigenvalue weighted by Crippen LogP contribution is -2.46. The quantitative estimate of drug-likeness (QED) is 0.558.